The van der Waals surface area contributed by atoms with E-state index in [0.29, 0.717) is 19.0 Å². The maximum atomic E-state index is 12.1. The van der Waals surface area contributed by atoms with Gasteiger partial charge in [0.25, 0.3) is 0 Å². The number of piperidine rings is 1. The fraction of sp³-hybridized carbons (Fsp3) is 0.765. The molecule has 0 aromatic carbocycles. The number of amides is 1. The average Bonchev–Trinajstić information content (AvgIpc) is 2.84. The minimum Gasteiger partial charge on any atom is -0.351 e. The lowest BCUT2D eigenvalue weighted by molar-refractivity contribution is -0.121. The lowest BCUT2D eigenvalue weighted by Crippen LogP contribution is -2.37. The van der Waals surface area contributed by atoms with Gasteiger partial charge in [-0.1, -0.05) is 13.3 Å². The van der Waals surface area contributed by atoms with Crippen LogP contribution in [-0.4, -0.2) is 35.4 Å². The van der Waals surface area contributed by atoms with Gasteiger partial charge in [0, 0.05) is 17.3 Å². The zero-order valence-electron chi connectivity index (χ0n) is 14.2. The van der Waals surface area contributed by atoms with Gasteiger partial charge in [0.1, 0.15) is 0 Å². The van der Waals surface area contributed by atoms with E-state index in [0.717, 1.165) is 25.0 Å². The maximum Gasteiger partial charge on any atom is 0.220 e. The summed E-state index contributed by atoms with van der Waals surface area (Å²) >= 11 is 1.74. The van der Waals surface area contributed by atoms with Crippen molar-refractivity contribution in [1.82, 2.24) is 15.2 Å². The van der Waals surface area contributed by atoms with Crippen LogP contribution in [-0.2, 0) is 17.8 Å². The van der Waals surface area contributed by atoms with Crippen LogP contribution >= 0.6 is 11.3 Å². The minimum absolute atomic E-state index is 0.170. The molecule has 0 unspecified atom stereocenters. The number of rotatable bonds is 7. The van der Waals surface area contributed by atoms with Crippen LogP contribution in [0.2, 0.25) is 0 Å². The largest absolute Gasteiger partial charge is 0.351 e. The van der Waals surface area contributed by atoms with Crippen molar-refractivity contribution in [2.45, 2.75) is 71.4 Å². The zero-order chi connectivity index (χ0) is 15.9. The van der Waals surface area contributed by atoms with Gasteiger partial charge in [-0.2, -0.15) is 0 Å². The molecule has 0 radical (unpaired) electrons. The topological polar surface area (TPSA) is 45.2 Å². The molecule has 0 aliphatic carbocycles. The summed E-state index contributed by atoms with van der Waals surface area (Å²) in [5.74, 6) is 0.170. The third-order valence-electron chi connectivity index (χ3n) is 4.47. The molecule has 124 valence electrons. The summed E-state index contributed by atoms with van der Waals surface area (Å²) in [5, 5.41) is 4.25. The highest BCUT2D eigenvalue weighted by atomic mass is 32.1. The van der Waals surface area contributed by atoms with Crippen LogP contribution in [0.3, 0.4) is 0 Å². The van der Waals surface area contributed by atoms with E-state index in [1.54, 1.807) is 11.3 Å². The molecule has 2 heterocycles. The Hall–Kier alpha value is -0.940. The smallest absolute Gasteiger partial charge is 0.220 e. The first-order valence-corrected chi connectivity index (χ1v) is 9.34. The molecule has 1 amide bonds. The number of thiazole rings is 1. The lowest BCUT2D eigenvalue weighted by atomic mass is 9.98. The molecule has 1 fully saturated rings. The molecule has 1 saturated heterocycles. The number of nitrogens with zero attached hydrogens (tertiary/aromatic N) is 2. The zero-order valence-corrected chi connectivity index (χ0v) is 15.0. The van der Waals surface area contributed by atoms with E-state index in [9.17, 15) is 4.79 Å². The lowest BCUT2D eigenvalue weighted by Gasteiger charge is -2.32. The molecular formula is C17H29N3OS. The van der Waals surface area contributed by atoms with Crippen molar-refractivity contribution in [3.8, 4) is 0 Å². The van der Waals surface area contributed by atoms with Gasteiger partial charge in [-0.25, -0.2) is 4.98 Å². The Kier molecular flexibility index (Phi) is 6.83. The van der Waals surface area contributed by atoms with Crippen molar-refractivity contribution in [2.75, 3.05) is 13.6 Å². The quantitative estimate of drug-likeness (QED) is 0.837. The van der Waals surface area contributed by atoms with Gasteiger partial charge in [-0.3, -0.25) is 4.79 Å². The Labute approximate surface area is 138 Å². The molecule has 1 aromatic heterocycles. The maximum absolute atomic E-state index is 12.1. The summed E-state index contributed by atoms with van der Waals surface area (Å²) < 4.78 is 0. The molecule has 1 N–H and O–H groups in total. The van der Waals surface area contributed by atoms with Gasteiger partial charge < -0.3 is 10.2 Å². The fourth-order valence-corrected chi connectivity index (χ4v) is 4.16. The number of nitrogens with one attached hydrogen (secondary N) is 1. The van der Waals surface area contributed by atoms with Crippen molar-refractivity contribution in [3.63, 3.8) is 0 Å². The van der Waals surface area contributed by atoms with Gasteiger partial charge in [0.15, 0.2) is 0 Å². The van der Waals surface area contributed by atoms with Crippen molar-refractivity contribution in [2.24, 2.45) is 0 Å². The van der Waals surface area contributed by atoms with Crippen LogP contribution in [0.4, 0.5) is 0 Å². The first-order valence-electron chi connectivity index (χ1n) is 8.52. The molecule has 1 atom stereocenters. The number of carbonyl (C=O) groups is 1. The average molecular weight is 324 g/mol. The van der Waals surface area contributed by atoms with Gasteiger partial charge in [-0.05, 0) is 52.6 Å². The van der Waals surface area contributed by atoms with Crippen LogP contribution in [0, 0.1) is 6.92 Å². The third-order valence-corrected chi connectivity index (χ3v) is 5.69. The van der Waals surface area contributed by atoms with Crippen molar-refractivity contribution >= 4 is 17.2 Å². The second-order valence-corrected chi connectivity index (χ2v) is 7.48. The summed E-state index contributed by atoms with van der Waals surface area (Å²) in [6.07, 6.45) is 7.60. The van der Waals surface area contributed by atoms with Gasteiger partial charge >= 0.3 is 0 Å². The molecule has 1 aliphatic heterocycles. The monoisotopic (exact) mass is 323 g/mol. The van der Waals surface area contributed by atoms with E-state index >= 15 is 0 Å². The summed E-state index contributed by atoms with van der Waals surface area (Å²) in [7, 11) is 2.18. The number of carbonyl (C=O) groups excluding carboxylic acids is 1. The van der Waals surface area contributed by atoms with Crippen LogP contribution in [0.5, 0.6) is 0 Å². The highest BCUT2D eigenvalue weighted by molar-refractivity contribution is 7.11. The number of aryl methyl sites for hydroxylation is 2. The fourth-order valence-electron chi connectivity index (χ4n) is 3.05. The van der Waals surface area contributed by atoms with E-state index < -0.39 is 0 Å². The number of likely N-dealkylation sites (tertiary alicyclic amines) is 1. The Balaban J connectivity index is 1.73. The number of hydrogen-bond acceptors (Lipinski definition) is 4. The molecule has 1 aromatic rings. The Morgan fingerprint density at radius 1 is 1.45 bits per heavy atom. The molecule has 1 aliphatic rings. The predicted molar refractivity (Wildman–Crippen MR) is 92.2 cm³/mol. The number of hydrogen-bond donors (Lipinski definition) is 1. The van der Waals surface area contributed by atoms with E-state index in [2.05, 4.69) is 29.2 Å². The second kappa shape index (κ2) is 8.63. The van der Waals surface area contributed by atoms with E-state index in [4.69, 9.17) is 0 Å². The molecule has 0 spiro atoms. The van der Waals surface area contributed by atoms with Crippen molar-refractivity contribution < 1.29 is 4.79 Å². The van der Waals surface area contributed by atoms with Crippen LogP contribution < -0.4 is 5.32 Å². The van der Waals surface area contributed by atoms with Crippen LogP contribution in [0.15, 0.2) is 0 Å². The molecule has 5 heteroatoms. The number of aromatic nitrogens is 1. The summed E-state index contributed by atoms with van der Waals surface area (Å²) in [5.41, 5.74) is 1.07. The molecule has 2 rings (SSSR count). The summed E-state index contributed by atoms with van der Waals surface area (Å²) in [4.78, 5) is 20.2. The first-order chi connectivity index (χ1) is 10.6. The Morgan fingerprint density at radius 2 is 2.27 bits per heavy atom. The van der Waals surface area contributed by atoms with E-state index in [1.807, 2.05) is 6.92 Å². The molecule has 4 nitrogen and oxygen atoms in total. The predicted octanol–water partition coefficient (Wildman–Crippen LogP) is 3.28. The van der Waals surface area contributed by atoms with E-state index in [-0.39, 0.29) is 5.91 Å². The van der Waals surface area contributed by atoms with Crippen LogP contribution in [0.1, 0.15) is 61.0 Å². The van der Waals surface area contributed by atoms with Gasteiger partial charge in [0.2, 0.25) is 5.91 Å². The standard InChI is InChI=1S/C17H29N3OS/c1-4-7-17-19-13(2)15(22-17)12-18-16(21)10-9-14-8-5-6-11-20(14)3/h14H,4-12H2,1-3H3,(H,18,21)/t14-/m1/s1. The van der Waals surface area contributed by atoms with E-state index in [1.165, 1.54) is 35.7 Å². The highest BCUT2D eigenvalue weighted by Crippen LogP contribution is 2.20. The molecule has 0 bridgehead atoms. The Morgan fingerprint density at radius 3 is 3.00 bits per heavy atom. The van der Waals surface area contributed by atoms with Crippen molar-refractivity contribution in [3.05, 3.63) is 15.6 Å². The van der Waals surface area contributed by atoms with Gasteiger partial charge in [-0.15, -0.1) is 11.3 Å². The highest BCUT2D eigenvalue weighted by Gasteiger charge is 2.19. The van der Waals surface area contributed by atoms with Crippen molar-refractivity contribution in [1.29, 1.82) is 0 Å². The summed E-state index contributed by atoms with van der Waals surface area (Å²) in [6.45, 7) is 6.01. The minimum atomic E-state index is 0.170. The summed E-state index contributed by atoms with van der Waals surface area (Å²) in [6, 6.07) is 0.584. The van der Waals surface area contributed by atoms with Crippen LogP contribution in [0.25, 0.3) is 0 Å². The molecule has 0 saturated carbocycles. The van der Waals surface area contributed by atoms with Gasteiger partial charge in [0.05, 0.1) is 17.2 Å². The first kappa shape index (κ1) is 17.4. The second-order valence-electron chi connectivity index (χ2n) is 6.31. The third kappa shape index (κ3) is 5.06. The molecule has 22 heavy (non-hydrogen) atoms. The normalized spacial score (nSPS) is 19.3. The Bertz CT molecular complexity index is 486. The SMILES string of the molecule is CCCc1nc(C)c(CNC(=O)CC[C@H]2CCCCN2C)s1. The molecular weight excluding hydrogens is 294 g/mol.